The van der Waals surface area contributed by atoms with Gasteiger partial charge in [-0.15, -0.1) is 0 Å². The second-order valence-electron chi connectivity index (χ2n) is 10.7. The molecule has 0 saturated heterocycles. The van der Waals surface area contributed by atoms with Crippen molar-refractivity contribution in [3.05, 3.63) is 144 Å². The highest BCUT2D eigenvalue weighted by Crippen LogP contribution is 2.23. The normalized spacial score (nSPS) is 11.5. The average Bonchev–Trinajstić information content (AvgIpc) is 3.08. The summed E-state index contributed by atoms with van der Waals surface area (Å²) in [5, 5.41) is 8.64. The monoisotopic (exact) mass is 600 g/mol. The molecule has 1 unspecified atom stereocenters. The molecule has 0 fully saturated rings. The minimum absolute atomic E-state index is 0.122. The van der Waals surface area contributed by atoms with Crippen LogP contribution in [0, 0.1) is 0 Å². The summed E-state index contributed by atoms with van der Waals surface area (Å²) in [4.78, 5) is 38.5. The zero-order valence-corrected chi connectivity index (χ0v) is 25.2. The van der Waals surface area contributed by atoms with Gasteiger partial charge in [0.25, 0.3) is 0 Å². The first kappa shape index (κ1) is 31.2. The van der Waals surface area contributed by atoms with Gasteiger partial charge in [-0.2, -0.15) is 0 Å². The number of ether oxygens (including phenoxy) is 2. The molecule has 0 aliphatic rings. The quantitative estimate of drug-likeness (QED) is 0.0859. The third-order valence-electron chi connectivity index (χ3n) is 7.52. The molecule has 5 aromatic rings. The third-order valence-corrected chi connectivity index (χ3v) is 7.52. The van der Waals surface area contributed by atoms with Gasteiger partial charge in [0.15, 0.2) is 11.6 Å². The number of hydrogen-bond donors (Lipinski definition) is 2. The molecule has 0 amide bonds. The Morgan fingerprint density at radius 2 is 1.47 bits per heavy atom. The van der Waals surface area contributed by atoms with Crippen LogP contribution in [0.25, 0.3) is 10.8 Å². The summed E-state index contributed by atoms with van der Waals surface area (Å²) >= 11 is 0. The van der Waals surface area contributed by atoms with E-state index in [9.17, 15) is 14.4 Å². The smallest absolute Gasteiger partial charge is 0.328 e. The Hall–Kier alpha value is -5.27. The second kappa shape index (κ2) is 15.5. The number of carbonyl (C=O) groups excluding carboxylic acids is 3. The van der Waals surface area contributed by atoms with Crippen molar-refractivity contribution in [3.63, 3.8) is 0 Å². The fourth-order valence-electron chi connectivity index (χ4n) is 5.22. The number of esters is 1. The van der Waals surface area contributed by atoms with Crippen LogP contribution in [0.1, 0.15) is 27.0 Å². The van der Waals surface area contributed by atoms with Crippen LogP contribution in [-0.4, -0.2) is 50.4 Å². The van der Waals surface area contributed by atoms with E-state index in [1.807, 2.05) is 78.9 Å². The lowest BCUT2D eigenvalue weighted by Crippen LogP contribution is -2.33. The highest BCUT2D eigenvalue weighted by molar-refractivity contribution is 6.12. The minimum Gasteiger partial charge on any atom is -0.492 e. The summed E-state index contributed by atoms with van der Waals surface area (Å²) in [6.07, 6.45) is 0.730. The molecule has 0 radical (unpaired) electrons. The van der Waals surface area contributed by atoms with E-state index in [2.05, 4.69) is 22.8 Å². The number of para-hydroxylation sites is 1. The molecule has 7 nitrogen and oxygen atoms in total. The van der Waals surface area contributed by atoms with E-state index in [0.29, 0.717) is 48.6 Å². The molecule has 0 bridgehead atoms. The molecule has 7 heteroatoms. The van der Waals surface area contributed by atoms with Gasteiger partial charge in [0.05, 0.1) is 13.7 Å². The summed E-state index contributed by atoms with van der Waals surface area (Å²) in [6, 6.07) is 37.1. The summed E-state index contributed by atoms with van der Waals surface area (Å²) < 4.78 is 10.9. The van der Waals surface area contributed by atoms with Gasteiger partial charge in [-0.1, -0.05) is 97.1 Å². The van der Waals surface area contributed by atoms with Gasteiger partial charge in [-0.25, -0.2) is 4.79 Å². The van der Waals surface area contributed by atoms with Gasteiger partial charge in [-0.05, 0) is 46.2 Å². The van der Waals surface area contributed by atoms with Crippen LogP contribution in [0.5, 0.6) is 5.75 Å². The van der Waals surface area contributed by atoms with Crippen molar-refractivity contribution in [3.8, 4) is 5.75 Å². The van der Waals surface area contributed by atoms with Gasteiger partial charge in [-0.3, -0.25) is 9.59 Å². The zero-order valence-electron chi connectivity index (χ0n) is 25.2. The van der Waals surface area contributed by atoms with Gasteiger partial charge < -0.3 is 20.1 Å². The Balaban J connectivity index is 1.11. The number of nitrogens with one attached hydrogen (secondary N) is 2. The Kier molecular flexibility index (Phi) is 10.7. The number of ketones is 2. The van der Waals surface area contributed by atoms with Gasteiger partial charge in [0.2, 0.25) is 0 Å². The van der Waals surface area contributed by atoms with Crippen LogP contribution in [-0.2, 0) is 27.2 Å². The Morgan fingerprint density at radius 1 is 0.756 bits per heavy atom. The molecule has 5 aromatic carbocycles. The first-order chi connectivity index (χ1) is 22.0. The molecule has 0 aromatic heterocycles. The molecule has 0 saturated carbocycles. The lowest BCUT2D eigenvalue weighted by Gasteiger charge is -2.20. The summed E-state index contributed by atoms with van der Waals surface area (Å²) in [5.74, 6) is 0.242. The fraction of sp³-hybridized carbons (Fsp3) is 0.184. The number of carbonyl (C=O) groups is 3. The number of benzene rings is 5. The zero-order chi connectivity index (χ0) is 31.4. The SMILES string of the molecule is COC(=O)C(Cc1ccc(OCCNCC(=O)Cc2cccc3ccccc23)cc1)Nc1ccccc1C(=O)c1ccccc1. The van der Waals surface area contributed by atoms with Crippen molar-refractivity contribution < 1.29 is 23.9 Å². The van der Waals surface area contributed by atoms with Gasteiger partial charge in [0.1, 0.15) is 18.4 Å². The fourth-order valence-corrected chi connectivity index (χ4v) is 5.22. The summed E-state index contributed by atoms with van der Waals surface area (Å²) in [5.41, 5.74) is 3.54. The van der Waals surface area contributed by atoms with Crippen LogP contribution in [0.2, 0.25) is 0 Å². The lowest BCUT2D eigenvalue weighted by atomic mass is 10.00. The molecular formula is C38H36N2O5. The van der Waals surface area contributed by atoms with Crippen molar-refractivity contribution in [2.24, 2.45) is 0 Å². The maximum Gasteiger partial charge on any atom is 0.328 e. The van der Waals surface area contributed by atoms with E-state index in [1.54, 1.807) is 30.3 Å². The van der Waals surface area contributed by atoms with Crippen molar-refractivity contribution in [1.82, 2.24) is 5.32 Å². The largest absolute Gasteiger partial charge is 0.492 e. The molecule has 5 rings (SSSR count). The number of Topliss-reactive ketones (excluding diaryl/α,β-unsaturated/α-hetero) is 1. The van der Waals surface area contributed by atoms with Crippen LogP contribution < -0.4 is 15.4 Å². The molecule has 2 N–H and O–H groups in total. The van der Waals surface area contributed by atoms with Gasteiger partial charge >= 0.3 is 5.97 Å². The number of hydrogen-bond acceptors (Lipinski definition) is 7. The van der Waals surface area contributed by atoms with Crippen LogP contribution in [0.3, 0.4) is 0 Å². The van der Waals surface area contributed by atoms with E-state index in [0.717, 1.165) is 21.9 Å². The number of fused-ring (bicyclic) bond motifs is 1. The Bertz CT molecular complexity index is 1750. The van der Waals surface area contributed by atoms with E-state index >= 15 is 0 Å². The number of rotatable bonds is 15. The van der Waals surface area contributed by atoms with E-state index in [-0.39, 0.29) is 18.1 Å². The lowest BCUT2D eigenvalue weighted by molar-refractivity contribution is -0.141. The molecule has 0 spiro atoms. The topological polar surface area (TPSA) is 93.7 Å². The first-order valence-electron chi connectivity index (χ1n) is 15.0. The molecule has 45 heavy (non-hydrogen) atoms. The molecule has 0 heterocycles. The number of anilines is 1. The van der Waals surface area contributed by atoms with Crippen molar-refractivity contribution >= 4 is 34.0 Å². The molecular weight excluding hydrogens is 564 g/mol. The Labute approximate surface area is 263 Å². The van der Waals surface area contributed by atoms with Crippen LogP contribution >= 0.6 is 0 Å². The molecule has 0 aliphatic carbocycles. The summed E-state index contributed by atoms with van der Waals surface area (Å²) in [7, 11) is 1.35. The first-order valence-corrected chi connectivity index (χ1v) is 15.0. The average molecular weight is 601 g/mol. The van der Waals surface area contributed by atoms with Crippen molar-refractivity contribution in [2.75, 3.05) is 32.1 Å². The van der Waals surface area contributed by atoms with E-state index in [4.69, 9.17) is 9.47 Å². The second-order valence-corrected chi connectivity index (χ2v) is 10.7. The number of methoxy groups -OCH3 is 1. The van der Waals surface area contributed by atoms with Crippen molar-refractivity contribution in [1.29, 1.82) is 0 Å². The standard InChI is InChI=1S/C38H36N2O5/c1-44-38(43)36(40-35-17-8-7-16-34(35)37(42)29-11-3-2-4-12-29)24-27-18-20-32(21-19-27)45-23-22-39-26-31(41)25-30-14-9-13-28-10-5-6-15-33(28)30/h2-21,36,39-40H,22-26H2,1H3. The maximum absolute atomic E-state index is 13.2. The van der Waals surface area contributed by atoms with Crippen molar-refractivity contribution in [2.45, 2.75) is 18.9 Å². The molecule has 1 atom stereocenters. The minimum atomic E-state index is -0.706. The molecule has 228 valence electrons. The summed E-state index contributed by atoms with van der Waals surface area (Å²) in [6.45, 7) is 1.20. The Morgan fingerprint density at radius 3 is 2.27 bits per heavy atom. The van der Waals surface area contributed by atoms with Crippen LogP contribution in [0.4, 0.5) is 5.69 Å². The third kappa shape index (κ3) is 8.43. The van der Waals surface area contributed by atoms with E-state index < -0.39 is 12.0 Å². The predicted octanol–water partition coefficient (Wildman–Crippen LogP) is 6.05. The highest BCUT2D eigenvalue weighted by Gasteiger charge is 2.22. The van der Waals surface area contributed by atoms with Gasteiger partial charge in [0, 0.05) is 36.2 Å². The predicted molar refractivity (Wildman–Crippen MR) is 177 cm³/mol. The van der Waals surface area contributed by atoms with E-state index in [1.165, 1.54) is 7.11 Å². The highest BCUT2D eigenvalue weighted by atomic mass is 16.5. The molecule has 0 aliphatic heterocycles. The van der Waals surface area contributed by atoms with Crippen LogP contribution in [0.15, 0.2) is 121 Å². The maximum atomic E-state index is 13.2.